The molecule has 0 saturated heterocycles. The molecule has 0 radical (unpaired) electrons. The summed E-state index contributed by atoms with van der Waals surface area (Å²) in [6, 6.07) is 0. The molecule has 0 nitrogen and oxygen atoms in total. The zero-order valence-corrected chi connectivity index (χ0v) is 9.38. The van der Waals surface area contributed by atoms with Gasteiger partial charge >= 0.3 is 0 Å². The quantitative estimate of drug-likeness (QED) is 0.630. The molecule has 0 N–H and O–H groups in total. The van der Waals surface area contributed by atoms with E-state index in [1.54, 1.807) is 0 Å². The van der Waals surface area contributed by atoms with Crippen LogP contribution in [0.4, 0.5) is 0 Å². The molecule has 0 fully saturated rings. The summed E-state index contributed by atoms with van der Waals surface area (Å²) in [4.78, 5) is 0. The number of hydrogen-bond donors (Lipinski definition) is 0. The van der Waals surface area contributed by atoms with Gasteiger partial charge in [0.1, 0.15) is 0 Å². The van der Waals surface area contributed by atoms with Gasteiger partial charge in [-0.3, -0.25) is 0 Å². The lowest BCUT2D eigenvalue weighted by atomic mass is 11.3. The molecule has 0 aliphatic heterocycles. The second kappa shape index (κ2) is 9.83. The van der Waals surface area contributed by atoms with Crippen LogP contribution >= 0.6 is 65.8 Å². The van der Waals surface area contributed by atoms with Crippen LogP contribution in [0.1, 0.15) is 0 Å². The van der Waals surface area contributed by atoms with E-state index >= 15 is 0 Å². The summed E-state index contributed by atoms with van der Waals surface area (Å²) in [5.74, 6) is 0. The largest absolute Gasteiger partial charge is 0.114 e. The van der Waals surface area contributed by atoms with Crippen molar-refractivity contribution in [1.82, 2.24) is 0 Å². The Hall–Kier alpha value is 1.66. The van der Waals surface area contributed by atoms with E-state index in [1.807, 2.05) is 0 Å². The number of hydrogen-bond acceptors (Lipinski definition) is 0. The van der Waals surface area contributed by atoms with Gasteiger partial charge in [0.25, 0.3) is 0 Å². The van der Waals surface area contributed by atoms with Gasteiger partial charge < -0.3 is 0 Å². The van der Waals surface area contributed by atoms with Crippen LogP contribution in [-0.4, -0.2) is 0 Å². The van der Waals surface area contributed by atoms with Crippen molar-refractivity contribution < 1.29 is 0 Å². The summed E-state index contributed by atoms with van der Waals surface area (Å²) in [7, 11) is 0. The first-order valence-electron chi connectivity index (χ1n) is 0.732. The Morgan fingerprint density at radius 3 is 1.17 bits per heavy atom. The van der Waals surface area contributed by atoms with E-state index in [2.05, 4.69) is 38.4 Å². The first-order valence-corrected chi connectivity index (χ1v) is 2.32. The van der Waals surface area contributed by atoms with Crippen LogP contribution in [0.15, 0.2) is 9.97 Å². The average Bonchev–Trinajstić information content (AvgIpc) is 0.811. The molecule has 40 valence electrons. The third-order valence-corrected chi connectivity index (χ3v) is 0. The van der Waals surface area contributed by atoms with E-state index in [4.69, 9.17) is 0 Å². The standard InChI is InChI=1S/C2H2Br2.2BrH/c1-2(3)4;;/h1H2;2*1H. The maximum atomic E-state index is 3.39. The maximum Gasteiger partial charge on any atom is 0.0532 e. The topological polar surface area (TPSA) is 0 Å². The molecule has 0 aliphatic carbocycles. The second-order valence-electron chi connectivity index (χ2n) is 0.339. The smallest absolute Gasteiger partial charge is 0.0532 e. The summed E-state index contributed by atoms with van der Waals surface area (Å²) >= 11 is 5.99. The molecule has 0 aromatic carbocycles. The van der Waals surface area contributed by atoms with Crippen molar-refractivity contribution in [3.8, 4) is 0 Å². The number of halogens is 4. The van der Waals surface area contributed by atoms with Gasteiger partial charge in [0.05, 0.1) is 3.39 Å². The molecule has 0 aromatic rings. The van der Waals surface area contributed by atoms with Crippen molar-refractivity contribution in [2.45, 2.75) is 0 Å². The van der Waals surface area contributed by atoms with Crippen LogP contribution in [0.5, 0.6) is 0 Å². The molecule has 0 rings (SSSR count). The third-order valence-electron chi connectivity index (χ3n) is 0. The summed E-state index contributed by atoms with van der Waals surface area (Å²) in [5, 5.41) is 0. The minimum absolute atomic E-state index is 0. The Kier molecular flexibility index (Phi) is 25.6. The molecule has 0 saturated carbocycles. The molecule has 0 amide bonds. The number of rotatable bonds is 0. The fourth-order valence-electron chi connectivity index (χ4n) is 0. The molecule has 0 spiro atoms. The highest BCUT2D eigenvalue weighted by Gasteiger charge is 1.58. The SMILES string of the molecule is Br.Br.C=C(Br)Br. The van der Waals surface area contributed by atoms with Crippen LogP contribution in [-0.2, 0) is 0 Å². The molecule has 0 bridgehead atoms. The Bertz CT molecular complexity index is 28.5. The molecule has 6 heavy (non-hydrogen) atoms. The minimum atomic E-state index is 0. The van der Waals surface area contributed by atoms with Gasteiger partial charge in [0.15, 0.2) is 0 Å². The van der Waals surface area contributed by atoms with Crippen molar-refractivity contribution in [3.05, 3.63) is 9.97 Å². The molecular weight excluding hydrogens is 344 g/mol. The highest BCUT2D eigenvalue weighted by Crippen LogP contribution is 2.06. The van der Waals surface area contributed by atoms with Gasteiger partial charge in [-0.1, -0.05) is 6.58 Å². The highest BCUT2D eigenvalue weighted by molar-refractivity contribution is 9.28. The lowest BCUT2D eigenvalue weighted by Gasteiger charge is -1.58. The minimum Gasteiger partial charge on any atom is -0.114 e. The Morgan fingerprint density at radius 2 is 1.17 bits per heavy atom. The summed E-state index contributed by atoms with van der Waals surface area (Å²) in [5.41, 5.74) is 0. The van der Waals surface area contributed by atoms with E-state index in [-0.39, 0.29) is 34.0 Å². The first-order chi connectivity index (χ1) is 1.73. The van der Waals surface area contributed by atoms with Crippen LogP contribution in [0.25, 0.3) is 0 Å². The third kappa shape index (κ3) is 44.6. The van der Waals surface area contributed by atoms with Gasteiger partial charge in [-0.15, -0.1) is 34.0 Å². The molecule has 0 aliphatic rings. The average molecular weight is 348 g/mol. The van der Waals surface area contributed by atoms with E-state index < -0.39 is 0 Å². The Balaban J connectivity index is -0.0000000450. The van der Waals surface area contributed by atoms with Gasteiger partial charge in [-0.05, 0) is 31.9 Å². The molecule has 0 heterocycles. The summed E-state index contributed by atoms with van der Waals surface area (Å²) < 4.78 is 0.792. The van der Waals surface area contributed by atoms with Crippen molar-refractivity contribution in [3.63, 3.8) is 0 Å². The predicted molar refractivity (Wildman–Crippen MR) is 47.6 cm³/mol. The molecule has 4 heteroatoms. The van der Waals surface area contributed by atoms with Gasteiger partial charge in [-0.25, -0.2) is 0 Å². The second-order valence-corrected chi connectivity index (χ2v) is 3.32. The van der Waals surface area contributed by atoms with Crippen molar-refractivity contribution in [2.24, 2.45) is 0 Å². The van der Waals surface area contributed by atoms with Crippen LogP contribution in [0, 0.1) is 0 Å². The summed E-state index contributed by atoms with van der Waals surface area (Å²) in [6.07, 6.45) is 0. The van der Waals surface area contributed by atoms with Crippen molar-refractivity contribution in [2.75, 3.05) is 0 Å². The Morgan fingerprint density at radius 1 is 1.17 bits per heavy atom. The van der Waals surface area contributed by atoms with Crippen molar-refractivity contribution >= 4 is 65.8 Å². The predicted octanol–water partition coefficient (Wildman–Crippen LogP) is 3.40. The van der Waals surface area contributed by atoms with E-state index in [1.165, 1.54) is 0 Å². The maximum absolute atomic E-state index is 3.39. The van der Waals surface area contributed by atoms with Crippen LogP contribution in [0.2, 0.25) is 0 Å². The van der Waals surface area contributed by atoms with Crippen molar-refractivity contribution in [1.29, 1.82) is 0 Å². The monoisotopic (exact) mass is 344 g/mol. The van der Waals surface area contributed by atoms with Crippen LogP contribution < -0.4 is 0 Å². The van der Waals surface area contributed by atoms with E-state index in [0.717, 1.165) is 3.39 Å². The first kappa shape index (κ1) is 15.6. The molecule has 0 unspecified atom stereocenters. The molecular formula is C2H4Br4. The fraction of sp³-hybridized carbons (Fsp3) is 0. The van der Waals surface area contributed by atoms with Gasteiger partial charge in [0, 0.05) is 0 Å². The van der Waals surface area contributed by atoms with E-state index in [0.29, 0.717) is 0 Å². The normalized spacial score (nSPS) is 4.33. The highest BCUT2D eigenvalue weighted by atomic mass is 79.9. The molecule has 0 atom stereocenters. The van der Waals surface area contributed by atoms with Gasteiger partial charge in [-0.2, -0.15) is 0 Å². The lowest BCUT2D eigenvalue weighted by Crippen LogP contribution is -1.19. The Labute approximate surface area is 75.2 Å². The molecule has 0 aromatic heterocycles. The summed E-state index contributed by atoms with van der Waals surface area (Å²) in [6.45, 7) is 3.39. The van der Waals surface area contributed by atoms with E-state index in [9.17, 15) is 0 Å². The zero-order valence-electron chi connectivity index (χ0n) is 2.78. The lowest BCUT2D eigenvalue weighted by molar-refractivity contribution is 2.63. The van der Waals surface area contributed by atoms with Gasteiger partial charge in [0.2, 0.25) is 0 Å². The zero-order chi connectivity index (χ0) is 3.58. The van der Waals surface area contributed by atoms with Crippen LogP contribution in [0.3, 0.4) is 0 Å². The fourth-order valence-corrected chi connectivity index (χ4v) is 0.